The normalized spacial score (nSPS) is 9.95. The van der Waals surface area contributed by atoms with Crippen LogP contribution in [0.15, 0.2) is 42.5 Å². The van der Waals surface area contributed by atoms with Crippen molar-refractivity contribution in [3.05, 3.63) is 48.0 Å². The molecular formula is C13H12O6. The van der Waals surface area contributed by atoms with Crippen molar-refractivity contribution in [3.8, 4) is 0 Å². The highest BCUT2D eigenvalue weighted by Crippen LogP contribution is 2.00. The van der Waals surface area contributed by atoms with Crippen LogP contribution in [0.3, 0.4) is 0 Å². The molecule has 0 bridgehead atoms. The molecule has 0 heterocycles. The molecule has 0 aliphatic carbocycles. The Morgan fingerprint density at radius 1 is 1.00 bits per heavy atom. The van der Waals surface area contributed by atoms with Crippen molar-refractivity contribution in [2.24, 2.45) is 0 Å². The van der Waals surface area contributed by atoms with E-state index in [1.165, 1.54) is 7.11 Å². The van der Waals surface area contributed by atoms with Gasteiger partial charge in [-0.3, -0.25) is 0 Å². The number of esters is 3. The van der Waals surface area contributed by atoms with Gasteiger partial charge in [0.15, 0.2) is 0 Å². The molecule has 6 nitrogen and oxygen atoms in total. The standard InChI is InChI=1S/C13H12O6/c1-17-11(14)7-8-12(15)18-9-19-13(16)10-5-3-2-4-6-10/h2-8H,9H2,1H3/b8-7+. The first-order valence-electron chi connectivity index (χ1n) is 5.28. The van der Waals surface area contributed by atoms with Gasteiger partial charge in [-0.05, 0) is 12.1 Å². The molecule has 0 spiro atoms. The summed E-state index contributed by atoms with van der Waals surface area (Å²) in [4.78, 5) is 33.2. The molecule has 0 unspecified atom stereocenters. The summed E-state index contributed by atoms with van der Waals surface area (Å²) in [5.74, 6) is -2.10. The van der Waals surface area contributed by atoms with Crippen molar-refractivity contribution in [1.82, 2.24) is 0 Å². The second-order valence-corrected chi connectivity index (χ2v) is 3.24. The Morgan fingerprint density at radius 2 is 1.63 bits per heavy atom. The van der Waals surface area contributed by atoms with Gasteiger partial charge < -0.3 is 14.2 Å². The van der Waals surface area contributed by atoms with Crippen molar-refractivity contribution >= 4 is 17.9 Å². The molecular weight excluding hydrogens is 252 g/mol. The van der Waals surface area contributed by atoms with Crippen LogP contribution >= 0.6 is 0 Å². The first-order valence-corrected chi connectivity index (χ1v) is 5.28. The summed E-state index contributed by atoms with van der Waals surface area (Å²) in [7, 11) is 1.18. The zero-order valence-corrected chi connectivity index (χ0v) is 10.2. The van der Waals surface area contributed by atoms with Gasteiger partial charge in [-0.2, -0.15) is 0 Å². The fraction of sp³-hybridized carbons (Fsp3) is 0.154. The molecule has 0 saturated carbocycles. The molecule has 0 amide bonds. The topological polar surface area (TPSA) is 78.9 Å². The molecule has 1 aromatic carbocycles. The van der Waals surface area contributed by atoms with E-state index in [-0.39, 0.29) is 0 Å². The number of carbonyl (C=O) groups is 3. The Morgan fingerprint density at radius 3 is 2.26 bits per heavy atom. The number of carbonyl (C=O) groups excluding carboxylic acids is 3. The van der Waals surface area contributed by atoms with E-state index in [1.807, 2.05) is 0 Å². The summed E-state index contributed by atoms with van der Waals surface area (Å²) in [6.07, 6.45) is 1.78. The zero-order valence-electron chi connectivity index (χ0n) is 10.2. The van der Waals surface area contributed by atoms with Crippen molar-refractivity contribution in [1.29, 1.82) is 0 Å². The Balaban J connectivity index is 2.31. The maximum Gasteiger partial charge on any atom is 0.340 e. The average Bonchev–Trinajstić information content (AvgIpc) is 2.45. The molecule has 0 N–H and O–H groups in total. The van der Waals surface area contributed by atoms with Crippen LogP contribution in [0.2, 0.25) is 0 Å². The van der Waals surface area contributed by atoms with Gasteiger partial charge in [-0.1, -0.05) is 18.2 Å². The SMILES string of the molecule is COC(=O)/C=C/C(=O)OCOC(=O)c1ccccc1. The van der Waals surface area contributed by atoms with Crippen molar-refractivity contribution in [2.75, 3.05) is 13.9 Å². The predicted molar refractivity (Wildman–Crippen MR) is 64.0 cm³/mol. The highest BCUT2D eigenvalue weighted by atomic mass is 16.7. The van der Waals surface area contributed by atoms with Crippen molar-refractivity contribution < 1.29 is 28.6 Å². The van der Waals surface area contributed by atoms with Gasteiger partial charge in [-0.15, -0.1) is 0 Å². The highest BCUT2D eigenvalue weighted by molar-refractivity contribution is 5.92. The van der Waals surface area contributed by atoms with E-state index in [0.717, 1.165) is 12.2 Å². The smallest absolute Gasteiger partial charge is 0.340 e. The summed E-state index contributed by atoms with van der Waals surface area (Å²) >= 11 is 0. The van der Waals surface area contributed by atoms with E-state index in [1.54, 1.807) is 30.3 Å². The Kier molecular flexibility index (Phi) is 5.81. The van der Waals surface area contributed by atoms with Crippen LogP contribution in [0.1, 0.15) is 10.4 Å². The number of hydrogen-bond donors (Lipinski definition) is 0. The lowest BCUT2D eigenvalue weighted by molar-refractivity contribution is -0.146. The molecule has 1 aromatic rings. The fourth-order valence-electron chi connectivity index (χ4n) is 1.05. The third kappa shape index (κ3) is 5.49. The van der Waals surface area contributed by atoms with Crippen LogP contribution in [0.25, 0.3) is 0 Å². The molecule has 0 atom stereocenters. The summed E-state index contributed by atoms with van der Waals surface area (Å²) in [6, 6.07) is 8.26. The molecule has 0 aliphatic heterocycles. The summed E-state index contributed by atoms with van der Waals surface area (Å²) < 4.78 is 13.5. The second-order valence-electron chi connectivity index (χ2n) is 3.24. The third-order valence-electron chi connectivity index (χ3n) is 1.96. The Bertz CT molecular complexity index is 477. The minimum Gasteiger partial charge on any atom is -0.466 e. The summed E-state index contributed by atoms with van der Waals surface area (Å²) in [5, 5.41) is 0. The Labute approximate surface area is 109 Å². The monoisotopic (exact) mass is 264 g/mol. The molecule has 6 heteroatoms. The van der Waals surface area contributed by atoms with Gasteiger partial charge in [0.05, 0.1) is 12.7 Å². The summed E-state index contributed by atoms with van der Waals surface area (Å²) in [5.41, 5.74) is 0.351. The first-order chi connectivity index (χ1) is 9.13. The van der Waals surface area contributed by atoms with Gasteiger partial charge in [0.2, 0.25) is 6.79 Å². The number of methoxy groups -OCH3 is 1. The summed E-state index contributed by atoms with van der Waals surface area (Å²) in [6.45, 7) is -0.530. The van der Waals surface area contributed by atoms with E-state index < -0.39 is 24.7 Å². The van der Waals surface area contributed by atoms with Crippen LogP contribution in [0.4, 0.5) is 0 Å². The lowest BCUT2D eigenvalue weighted by atomic mass is 10.2. The number of ether oxygens (including phenoxy) is 3. The van der Waals surface area contributed by atoms with Crippen molar-refractivity contribution in [3.63, 3.8) is 0 Å². The largest absolute Gasteiger partial charge is 0.466 e. The van der Waals surface area contributed by atoms with E-state index >= 15 is 0 Å². The van der Waals surface area contributed by atoms with Crippen LogP contribution in [0.5, 0.6) is 0 Å². The van der Waals surface area contributed by atoms with E-state index in [2.05, 4.69) is 9.47 Å². The van der Waals surface area contributed by atoms with E-state index in [9.17, 15) is 14.4 Å². The molecule has 100 valence electrons. The van der Waals surface area contributed by atoms with Gasteiger partial charge in [-0.25, -0.2) is 14.4 Å². The van der Waals surface area contributed by atoms with Crippen LogP contribution in [-0.4, -0.2) is 31.8 Å². The molecule has 0 fully saturated rings. The lowest BCUT2D eigenvalue weighted by Gasteiger charge is -2.04. The minimum atomic E-state index is -0.814. The number of hydrogen-bond acceptors (Lipinski definition) is 6. The molecule has 0 aliphatic rings. The first kappa shape index (κ1) is 14.4. The molecule has 0 radical (unpaired) electrons. The van der Waals surface area contributed by atoms with Gasteiger partial charge in [0.25, 0.3) is 0 Å². The van der Waals surface area contributed by atoms with Crippen LogP contribution in [-0.2, 0) is 23.8 Å². The average molecular weight is 264 g/mol. The molecule has 19 heavy (non-hydrogen) atoms. The number of benzene rings is 1. The molecule has 0 saturated heterocycles. The van der Waals surface area contributed by atoms with E-state index in [4.69, 9.17) is 4.74 Å². The maximum atomic E-state index is 11.4. The second kappa shape index (κ2) is 7.65. The maximum absolute atomic E-state index is 11.4. The van der Waals surface area contributed by atoms with Crippen LogP contribution < -0.4 is 0 Å². The van der Waals surface area contributed by atoms with Gasteiger partial charge in [0, 0.05) is 12.2 Å². The lowest BCUT2D eigenvalue weighted by Crippen LogP contribution is -2.11. The zero-order chi connectivity index (χ0) is 14.1. The van der Waals surface area contributed by atoms with Crippen molar-refractivity contribution in [2.45, 2.75) is 0 Å². The molecule has 0 aromatic heterocycles. The third-order valence-corrected chi connectivity index (χ3v) is 1.96. The minimum absolute atomic E-state index is 0.351. The van der Waals surface area contributed by atoms with Gasteiger partial charge in [0.1, 0.15) is 0 Å². The van der Waals surface area contributed by atoms with Gasteiger partial charge >= 0.3 is 17.9 Å². The number of rotatable bonds is 5. The quantitative estimate of drug-likeness (QED) is 0.449. The molecule has 1 rings (SSSR count). The highest BCUT2D eigenvalue weighted by Gasteiger charge is 2.06. The van der Waals surface area contributed by atoms with E-state index in [0.29, 0.717) is 5.56 Å². The Hall–Kier alpha value is -2.63. The predicted octanol–water partition coefficient (Wildman–Crippen LogP) is 1.07. The van der Waals surface area contributed by atoms with Crippen LogP contribution in [0, 0.1) is 0 Å². The fourth-order valence-corrected chi connectivity index (χ4v) is 1.05.